The van der Waals surface area contributed by atoms with Crippen LogP contribution in [0, 0.1) is 13.8 Å². The lowest BCUT2D eigenvalue weighted by Gasteiger charge is -2.28. The predicted octanol–water partition coefficient (Wildman–Crippen LogP) is 5.43. The highest BCUT2D eigenvalue weighted by molar-refractivity contribution is 7.14. The molecule has 35 heavy (non-hydrogen) atoms. The Morgan fingerprint density at radius 3 is 2.29 bits per heavy atom. The van der Waals surface area contributed by atoms with Crippen molar-refractivity contribution < 1.29 is 14.7 Å². The number of ketones is 1. The number of Topliss-reactive ketones (excluding diaryl/α,β-unsaturated/α-hetero) is 1. The fourth-order valence-electron chi connectivity index (χ4n) is 4.68. The fraction of sp³-hybridized carbons (Fsp3) is 0.321. The molecule has 2 aromatic carbocycles. The predicted molar refractivity (Wildman–Crippen MR) is 140 cm³/mol. The molecule has 6 nitrogen and oxygen atoms in total. The fourth-order valence-corrected chi connectivity index (χ4v) is 5.55. The number of anilines is 1. The van der Waals surface area contributed by atoms with Gasteiger partial charge < -0.3 is 14.9 Å². The van der Waals surface area contributed by atoms with Crippen LogP contribution in [0.5, 0.6) is 0 Å². The number of aliphatic hydroxyl groups excluding tert-OH is 1. The average Bonchev–Trinajstić information content (AvgIpc) is 3.34. The topological polar surface area (TPSA) is 73.7 Å². The summed E-state index contributed by atoms with van der Waals surface area (Å²) in [5.41, 5.74) is 3.71. The summed E-state index contributed by atoms with van der Waals surface area (Å²) in [4.78, 5) is 35.6. The highest BCUT2D eigenvalue weighted by atomic mass is 32.1. The standard InChI is InChI=1S/C28H31N3O3S/c1-5-30(6-2)22-14-12-21(13-15-22)24-23(25(32)27-18(3)29-19(4)35-27)26(33)28(34)31(24)17-16-20-10-8-7-9-11-20/h7-15,24,33H,5-6,16-17H2,1-4H3. The highest BCUT2D eigenvalue weighted by Gasteiger charge is 2.44. The van der Waals surface area contributed by atoms with Crippen LogP contribution in [0.1, 0.15) is 51.4 Å². The maximum atomic E-state index is 13.7. The molecule has 0 aliphatic carbocycles. The SMILES string of the molecule is CCN(CC)c1ccc(C2C(C(=O)c3sc(C)nc3C)=C(O)C(=O)N2CCc2ccccc2)cc1. The summed E-state index contributed by atoms with van der Waals surface area (Å²) in [5, 5.41) is 11.7. The molecule has 0 bridgehead atoms. The third kappa shape index (κ3) is 4.86. The van der Waals surface area contributed by atoms with Gasteiger partial charge in [0.05, 0.1) is 27.2 Å². The maximum Gasteiger partial charge on any atom is 0.290 e. The van der Waals surface area contributed by atoms with Gasteiger partial charge >= 0.3 is 0 Å². The van der Waals surface area contributed by atoms with Crippen LogP contribution in [0.15, 0.2) is 65.9 Å². The van der Waals surface area contributed by atoms with Crippen molar-refractivity contribution in [2.45, 2.75) is 40.2 Å². The van der Waals surface area contributed by atoms with E-state index in [1.165, 1.54) is 11.3 Å². The Kier molecular flexibility index (Phi) is 7.36. The molecule has 1 aliphatic heterocycles. The number of hydrogen-bond donors (Lipinski definition) is 1. The van der Waals surface area contributed by atoms with Gasteiger partial charge in [-0.2, -0.15) is 0 Å². The molecule has 0 fully saturated rings. The van der Waals surface area contributed by atoms with E-state index in [4.69, 9.17) is 0 Å². The number of aliphatic hydroxyl groups is 1. The number of nitrogens with zero attached hydrogens (tertiary/aromatic N) is 3. The Balaban J connectivity index is 1.74. The molecule has 1 amide bonds. The Morgan fingerprint density at radius 1 is 1.06 bits per heavy atom. The summed E-state index contributed by atoms with van der Waals surface area (Å²) in [5.74, 6) is -1.31. The van der Waals surface area contributed by atoms with Crippen LogP contribution < -0.4 is 4.90 Å². The molecule has 0 saturated heterocycles. The third-order valence-electron chi connectivity index (χ3n) is 6.48. The van der Waals surface area contributed by atoms with Crippen LogP contribution in [0.3, 0.4) is 0 Å². The smallest absolute Gasteiger partial charge is 0.290 e. The molecular weight excluding hydrogens is 458 g/mol. The summed E-state index contributed by atoms with van der Waals surface area (Å²) in [7, 11) is 0. The van der Waals surface area contributed by atoms with E-state index in [9.17, 15) is 14.7 Å². The molecule has 1 aliphatic rings. The van der Waals surface area contributed by atoms with E-state index >= 15 is 0 Å². The molecular formula is C28H31N3O3S. The van der Waals surface area contributed by atoms with Gasteiger partial charge in [0, 0.05) is 25.3 Å². The van der Waals surface area contributed by atoms with E-state index < -0.39 is 17.7 Å². The number of thiazole rings is 1. The van der Waals surface area contributed by atoms with Crippen LogP contribution in [0.4, 0.5) is 5.69 Å². The highest BCUT2D eigenvalue weighted by Crippen LogP contribution is 2.40. The van der Waals surface area contributed by atoms with Gasteiger partial charge in [-0.1, -0.05) is 42.5 Å². The third-order valence-corrected chi connectivity index (χ3v) is 7.55. The van der Waals surface area contributed by atoms with Gasteiger partial charge in [-0.05, 0) is 57.4 Å². The van der Waals surface area contributed by atoms with Crippen LogP contribution in [0.25, 0.3) is 0 Å². The van der Waals surface area contributed by atoms with Crippen LogP contribution in [-0.2, 0) is 11.2 Å². The zero-order chi connectivity index (χ0) is 25.1. The summed E-state index contributed by atoms with van der Waals surface area (Å²) < 4.78 is 0. The molecule has 0 saturated carbocycles. The number of aryl methyl sites for hydroxylation is 2. The maximum absolute atomic E-state index is 13.7. The minimum absolute atomic E-state index is 0.130. The van der Waals surface area contributed by atoms with Gasteiger partial charge in [-0.25, -0.2) is 4.98 Å². The molecule has 0 spiro atoms. The second-order valence-corrected chi connectivity index (χ2v) is 9.84. The second-order valence-electron chi connectivity index (χ2n) is 8.64. The number of benzene rings is 2. The minimum atomic E-state index is -0.661. The van der Waals surface area contributed by atoms with Crippen molar-refractivity contribution in [2.75, 3.05) is 24.5 Å². The summed E-state index contributed by atoms with van der Waals surface area (Å²) in [6, 6.07) is 17.2. The van der Waals surface area contributed by atoms with Crippen molar-refractivity contribution in [1.29, 1.82) is 0 Å². The molecule has 182 valence electrons. The summed E-state index contributed by atoms with van der Waals surface area (Å²) in [6.07, 6.45) is 0.619. The largest absolute Gasteiger partial charge is 0.503 e. The van der Waals surface area contributed by atoms with Crippen molar-refractivity contribution in [3.05, 3.63) is 92.6 Å². The quantitative estimate of drug-likeness (QED) is 0.406. The van der Waals surface area contributed by atoms with E-state index in [0.717, 1.165) is 34.9 Å². The number of rotatable bonds is 9. The van der Waals surface area contributed by atoms with Crippen LogP contribution >= 0.6 is 11.3 Å². The normalized spacial score (nSPS) is 15.7. The van der Waals surface area contributed by atoms with E-state index in [1.54, 1.807) is 11.8 Å². The van der Waals surface area contributed by atoms with E-state index in [0.29, 0.717) is 23.5 Å². The first-order chi connectivity index (χ1) is 16.8. The first-order valence-electron chi connectivity index (χ1n) is 12.0. The van der Waals surface area contributed by atoms with E-state index in [-0.39, 0.29) is 11.4 Å². The molecule has 1 aromatic heterocycles. The van der Waals surface area contributed by atoms with Gasteiger partial charge in [-0.15, -0.1) is 11.3 Å². The minimum Gasteiger partial charge on any atom is -0.503 e. The van der Waals surface area contributed by atoms with E-state index in [1.807, 2.05) is 61.5 Å². The van der Waals surface area contributed by atoms with Crippen LogP contribution in [0.2, 0.25) is 0 Å². The van der Waals surface area contributed by atoms with E-state index in [2.05, 4.69) is 23.7 Å². The average molecular weight is 490 g/mol. The molecule has 3 aromatic rings. The Hall–Kier alpha value is -3.45. The molecule has 7 heteroatoms. The zero-order valence-electron chi connectivity index (χ0n) is 20.6. The Labute approximate surface area is 210 Å². The van der Waals surface area contributed by atoms with Crippen molar-refractivity contribution in [2.24, 2.45) is 0 Å². The Bertz CT molecular complexity index is 1240. The van der Waals surface area contributed by atoms with Gasteiger partial charge in [0.2, 0.25) is 5.78 Å². The number of aromatic nitrogens is 1. The van der Waals surface area contributed by atoms with Gasteiger partial charge in [0.15, 0.2) is 5.76 Å². The molecule has 0 radical (unpaired) electrons. The first kappa shape index (κ1) is 24.7. The van der Waals surface area contributed by atoms with Gasteiger partial charge in [-0.3, -0.25) is 9.59 Å². The summed E-state index contributed by atoms with van der Waals surface area (Å²) >= 11 is 1.29. The van der Waals surface area contributed by atoms with Crippen molar-refractivity contribution in [3.63, 3.8) is 0 Å². The summed E-state index contributed by atoms with van der Waals surface area (Å²) in [6.45, 7) is 9.99. The zero-order valence-corrected chi connectivity index (χ0v) is 21.4. The monoisotopic (exact) mass is 489 g/mol. The molecule has 1 atom stereocenters. The number of amides is 1. The van der Waals surface area contributed by atoms with Crippen LogP contribution in [-0.4, -0.2) is 46.3 Å². The lowest BCUT2D eigenvalue weighted by atomic mass is 9.94. The molecule has 1 N–H and O–H groups in total. The van der Waals surface area contributed by atoms with Crippen molar-refractivity contribution >= 4 is 28.7 Å². The first-order valence-corrected chi connectivity index (χ1v) is 12.8. The van der Waals surface area contributed by atoms with Crippen molar-refractivity contribution in [3.8, 4) is 0 Å². The number of hydrogen-bond acceptors (Lipinski definition) is 6. The second kappa shape index (κ2) is 10.4. The Morgan fingerprint density at radius 2 is 1.71 bits per heavy atom. The van der Waals surface area contributed by atoms with Gasteiger partial charge in [0.1, 0.15) is 0 Å². The molecule has 4 rings (SSSR count). The molecule has 2 heterocycles. The van der Waals surface area contributed by atoms with Gasteiger partial charge in [0.25, 0.3) is 5.91 Å². The molecule has 1 unspecified atom stereocenters. The van der Waals surface area contributed by atoms with Crippen molar-refractivity contribution in [1.82, 2.24) is 9.88 Å². The lowest BCUT2D eigenvalue weighted by molar-refractivity contribution is -0.129. The lowest BCUT2D eigenvalue weighted by Crippen LogP contribution is -2.33. The number of carbonyl (C=O) groups is 2. The number of carbonyl (C=O) groups excluding carboxylic acids is 2.